The van der Waals surface area contributed by atoms with Crippen molar-refractivity contribution in [3.8, 4) is 0 Å². The summed E-state index contributed by atoms with van der Waals surface area (Å²) in [6, 6.07) is 5.56. The Morgan fingerprint density at radius 2 is 1.85 bits per heavy atom. The van der Waals surface area contributed by atoms with Crippen molar-refractivity contribution in [2.45, 2.75) is 25.6 Å². The van der Waals surface area contributed by atoms with Gasteiger partial charge in [-0.1, -0.05) is 12.1 Å². The second-order valence-corrected chi connectivity index (χ2v) is 6.11. The molecule has 1 aromatic rings. The van der Waals surface area contributed by atoms with Crippen LogP contribution in [0, 0.1) is 5.41 Å². The molecule has 1 spiro atoms. The van der Waals surface area contributed by atoms with E-state index in [-0.39, 0.29) is 0 Å². The molecule has 0 amide bonds. The van der Waals surface area contributed by atoms with Crippen molar-refractivity contribution in [1.29, 1.82) is 0 Å². The summed E-state index contributed by atoms with van der Waals surface area (Å²) in [5, 5.41) is 3.33. The van der Waals surface area contributed by atoms with Crippen LogP contribution in [-0.2, 0) is 12.7 Å². The second kappa shape index (κ2) is 5.04. The summed E-state index contributed by atoms with van der Waals surface area (Å²) in [7, 11) is 0. The molecule has 2 heterocycles. The molecule has 5 heteroatoms. The van der Waals surface area contributed by atoms with Crippen LogP contribution in [0.1, 0.15) is 24.0 Å². The molecule has 2 aliphatic rings. The summed E-state index contributed by atoms with van der Waals surface area (Å²) >= 11 is 0. The van der Waals surface area contributed by atoms with E-state index < -0.39 is 11.7 Å². The molecule has 3 rings (SSSR count). The van der Waals surface area contributed by atoms with Crippen LogP contribution in [0.5, 0.6) is 0 Å². The van der Waals surface area contributed by atoms with Gasteiger partial charge in [-0.05, 0) is 37.1 Å². The van der Waals surface area contributed by atoms with Gasteiger partial charge in [0.15, 0.2) is 0 Å². The Bertz CT molecular complexity index is 463. The summed E-state index contributed by atoms with van der Waals surface area (Å²) < 4.78 is 37.5. The second-order valence-electron chi connectivity index (χ2n) is 6.11. The van der Waals surface area contributed by atoms with Crippen molar-refractivity contribution < 1.29 is 13.2 Å². The van der Waals surface area contributed by atoms with Crippen molar-refractivity contribution >= 4 is 0 Å². The largest absolute Gasteiger partial charge is 0.416 e. The highest BCUT2D eigenvalue weighted by Gasteiger charge is 2.40. The normalized spacial score (nSPS) is 22.8. The molecular formula is C15H19F3N2. The maximum absolute atomic E-state index is 12.5. The van der Waals surface area contributed by atoms with E-state index >= 15 is 0 Å². The number of rotatable bonds is 2. The van der Waals surface area contributed by atoms with Crippen LogP contribution >= 0.6 is 0 Å². The summed E-state index contributed by atoms with van der Waals surface area (Å²) in [6.07, 6.45) is -1.79. The maximum Gasteiger partial charge on any atom is 0.416 e. The molecule has 0 radical (unpaired) electrons. The Labute approximate surface area is 117 Å². The Balaban J connectivity index is 1.63. The number of nitrogens with one attached hydrogen (secondary N) is 1. The van der Waals surface area contributed by atoms with Gasteiger partial charge in [-0.2, -0.15) is 13.2 Å². The lowest BCUT2D eigenvalue weighted by Gasteiger charge is -2.49. The molecule has 20 heavy (non-hydrogen) atoms. The molecule has 2 nitrogen and oxygen atoms in total. The van der Waals surface area contributed by atoms with Crippen molar-refractivity contribution in [3.05, 3.63) is 35.4 Å². The molecule has 1 N–H and O–H groups in total. The first kappa shape index (κ1) is 13.9. The molecule has 2 aliphatic heterocycles. The Morgan fingerprint density at radius 1 is 1.15 bits per heavy atom. The number of hydrogen-bond donors (Lipinski definition) is 1. The van der Waals surface area contributed by atoms with E-state index in [0.29, 0.717) is 5.41 Å². The highest BCUT2D eigenvalue weighted by molar-refractivity contribution is 5.24. The first-order chi connectivity index (χ1) is 9.47. The lowest BCUT2D eigenvalue weighted by molar-refractivity contribution is -0.137. The van der Waals surface area contributed by atoms with Crippen LogP contribution in [0.2, 0.25) is 0 Å². The lowest BCUT2D eigenvalue weighted by Crippen LogP contribution is -2.60. The van der Waals surface area contributed by atoms with Crippen LogP contribution < -0.4 is 5.32 Å². The molecule has 0 bridgehead atoms. The fraction of sp³-hybridized carbons (Fsp3) is 0.600. The summed E-state index contributed by atoms with van der Waals surface area (Å²) in [5.41, 5.74) is 0.811. The maximum atomic E-state index is 12.5. The number of benzene rings is 1. The van der Waals surface area contributed by atoms with E-state index in [1.54, 1.807) is 12.1 Å². The van der Waals surface area contributed by atoms with Crippen LogP contribution in [-0.4, -0.2) is 31.1 Å². The van der Waals surface area contributed by atoms with Crippen molar-refractivity contribution in [3.63, 3.8) is 0 Å². The lowest BCUT2D eigenvalue weighted by atomic mass is 9.75. The highest BCUT2D eigenvalue weighted by Crippen LogP contribution is 2.34. The van der Waals surface area contributed by atoms with E-state index in [4.69, 9.17) is 0 Å². The van der Waals surface area contributed by atoms with E-state index in [1.165, 1.54) is 25.0 Å². The molecule has 2 saturated heterocycles. The summed E-state index contributed by atoms with van der Waals surface area (Å²) in [4.78, 5) is 2.37. The molecule has 0 aliphatic carbocycles. The van der Waals surface area contributed by atoms with Gasteiger partial charge in [0, 0.05) is 31.6 Å². The van der Waals surface area contributed by atoms with Gasteiger partial charge in [0.25, 0.3) is 0 Å². The topological polar surface area (TPSA) is 15.3 Å². The van der Waals surface area contributed by atoms with Gasteiger partial charge in [-0.3, -0.25) is 4.90 Å². The third-order valence-electron chi connectivity index (χ3n) is 4.43. The van der Waals surface area contributed by atoms with Gasteiger partial charge in [0.1, 0.15) is 0 Å². The van der Waals surface area contributed by atoms with Gasteiger partial charge in [-0.25, -0.2) is 0 Å². The SMILES string of the molecule is FC(F)(F)c1ccc(CN2CCCC3(CNC3)C2)cc1. The minimum Gasteiger partial charge on any atom is -0.315 e. The van der Waals surface area contributed by atoms with E-state index in [0.717, 1.165) is 38.3 Å². The van der Waals surface area contributed by atoms with Crippen LogP contribution in [0.3, 0.4) is 0 Å². The fourth-order valence-corrected chi connectivity index (χ4v) is 3.27. The number of likely N-dealkylation sites (tertiary alicyclic amines) is 1. The molecule has 0 atom stereocenters. The van der Waals surface area contributed by atoms with Crippen LogP contribution in [0.4, 0.5) is 13.2 Å². The Morgan fingerprint density at radius 3 is 2.40 bits per heavy atom. The highest BCUT2D eigenvalue weighted by atomic mass is 19.4. The number of hydrogen-bond acceptors (Lipinski definition) is 2. The number of alkyl halides is 3. The average Bonchev–Trinajstić information content (AvgIpc) is 2.37. The predicted molar refractivity (Wildman–Crippen MR) is 71.3 cm³/mol. The van der Waals surface area contributed by atoms with Gasteiger partial charge >= 0.3 is 6.18 Å². The Kier molecular flexibility index (Phi) is 3.50. The standard InChI is InChI=1S/C15H19F3N2/c16-15(17,18)13-4-2-12(3-5-13)8-20-7-1-6-14(11-20)9-19-10-14/h2-5,19H,1,6-11H2. The molecule has 0 aromatic heterocycles. The molecule has 0 saturated carbocycles. The number of halogens is 3. The minimum atomic E-state index is -4.24. The van der Waals surface area contributed by atoms with E-state index in [9.17, 15) is 13.2 Å². The van der Waals surface area contributed by atoms with E-state index in [1.807, 2.05) is 0 Å². The molecular weight excluding hydrogens is 265 g/mol. The predicted octanol–water partition coefficient (Wildman–Crippen LogP) is 2.89. The first-order valence-electron chi connectivity index (χ1n) is 7.06. The van der Waals surface area contributed by atoms with Gasteiger partial charge < -0.3 is 5.32 Å². The fourth-order valence-electron chi connectivity index (χ4n) is 3.27. The third-order valence-corrected chi connectivity index (χ3v) is 4.43. The third kappa shape index (κ3) is 2.83. The summed E-state index contributed by atoms with van der Waals surface area (Å²) in [6.45, 7) is 5.01. The first-order valence-corrected chi connectivity index (χ1v) is 7.06. The number of piperidine rings is 1. The van der Waals surface area contributed by atoms with Crippen molar-refractivity contribution in [2.24, 2.45) is 5.41 Å². The quantitative estimate of drug-likeness (QED) is 0.898. The van der Waals surface area contributed by atoms with E-state index in [2.05, 4.69) is 10.2 Å². The summed E-state index contributed by atoms with van der Waals surface area (Å²) in [5.74, 6) is 0. The minimum absolute atomic E-state index is 0.421. The Hall–Kier alpha value is -1.07. The molecule has 2 fully saturated rings. The zero-order valence-electron chi connectivity index (χ0n) is 11.3. The molecule has 1 aromatic carbocycles. The van der Waals surface area contributed by atoms with Gasteiger partial charge in [0.05, 0.1) is 5.56 Å². The monoisotopic (exact) mass is 284 g/mol. The smallest absolute Gasteiger partial charge is 0.315 e. The van der Waals surface area contributed by atoms with Crippen molar-refractivity contribution in [1.82, 2.24) is 10.2 Å². The van der Waals surface area contributed by atoms with Crippen LogP contribution in [0.15, 0.2) is 24.3 Å². The number of nitrogens with zero attached hydrogens (tertiary/aromatic N) is 1. The molecule has 0 unspecified atom stereocenters. The van der Waals surface area contributed by atoms with Crippen molar-refractivity contribution in [2.75, 3.05) is 26.2 Å². The van der Waals surface area contributed by atoms with Gasteiger partial charge in [-0.15, -0.1) is 0 Å². The average molecular weight is 284 g/mol. The van der Waals surface area contributed by atoms with Crippen LogP contribution in [0.25, 0.3) is 0 Å². The zero-order valence-corrected chi connectivity index (χ0v) is 11.3. The zero-order chi connectivity index (χ0) is 14.2. The van der Waals surface area contributed by atoms with Gasteiger partial charge in [0.2, 0.25) is 0 Å². The molecule has 110 valence electrons.